The first-order chi connectivity index (χ1) is 17.7. The normalized spacial score (nSPS) is 20.5. The van der Waals surface area contributed by atoms with Gasteiger partial charge in [0.25, 0.3) is 11.8 Å². The number of hydrogen-bond donors (Lipinski definition) is 4. The van der Waals surface area contributed by atoms with E-state index in [1.54, 1.807) is 12.1 Å². The molecule has 0 atom stereocenters. The summed E-state index contributed by atoms with van der Waals surface area (Å²) in [5, 5.41) is 19.7. The first kappa shape index (κ1) is 25.1. The molecule has 2 amide bonds. The van der Waals surface area contributed by atoms with Gasteiger partial charge in [-0.05, 0) is 57.0 Å². The largest absolute Gasteiger partial charge is 0.506 e. The molecule has 0 bridgehead atoms. The fourth-order valence-corrected chi connectivity index (χ4v) is 5.24. The lowest BCUT2D eigenvalue weighted by molar-refractivity contribution is -0.140. The van der Waals surface area contributed by atoms with Crippen molar-refractivity contribution >= 4 is 35.0 Å². The summed E-state index contributed by atoms with van der Waals surface area (Å²) in [6.45, 7) is 0.940. The van der Waals surface area contributed by atoms with Crippen LogP contribution in [-0.2, 0) is 4.79 Å². The highest BCUT2D eigenvalue weighted by Gasteiger charge is 2.48. The Morgan fingerprint density at radius 2 is 1.92 bits per heavy atom. The van der Waals surface area contributed by atoms with Gasteiger partial charge in [0.2, 0.25) is 5.95 Å². The predicted molar refractivity (Wildman–Crippen MR) is 135 cm³/mol. The summed E-state index contributed by atoms with van der Waals surface area (Å²) in [5.41, 5.74) is 0.780. The van der Waals surface area contributed by atoms with Crippen molar-refractivity contribution in [3.05, 3.63) is 30.0 Å². The van der Waals surface area contributed by atoms with Crippen LogP contribution in [0, 0.1) is 0 Å². The number of amides is 2. The number of alkyl halides is 2. The number of aromatic hydroxyl groups is 1. The maximum atomic E-state index is 14.8. The Morgan fingerprint density at radius 3 is 2.62 bits per heavy atom. The molecular weight excluding hydrogens is 484 g/mol. The number of carbonyl (C=O) groups excluding carboxylic acids is 2. The molecule has 0 radical (unpaired) electrons. The van der Waals surface area contributed by atoms with Gasteiger partial charge >= 0.3 is 5.92 Å². The molecule has 1 saturated carbocycles. The third-order valence-corrected chi connectivity index (χ3v) is 7.32. The molecule has 0 unspecified atom stereocenters. The molecule has 2 fully saturated rings. The van der Waals surface area contributed by atoms with Gasteiger partial charge in [-0.3, -0.25) is 9.59 Å². The minimum absolute atomic E-state index is 0.0787. The zero-order chi connectivity index (χ0) is 26.2. The van der Waals surface area contributed by atoms with E-state index < -0.39 is 18.4 Å². The zero-order valence-electron chi connectivity index (χ0n) is 20.6. The van der Waals surface area contributed by atoms with E-state index in [2.05, 4.69) is 25.9 Å². The molecule has 1 aromatic heterocycles. The minimum atomic E-state index is -3.56. The van der Waals surface area contributed by atoms with Crippen molar-refractivity contribution in [3.8, 4) is 5.75 Å². The number of phenolic OH excluding ortho intramolecular Hbond substituents is 1. The van der Waals surface area contributed by atoms with Crippen LogP contribution in [0.3, 0.4) is 0 Å². The van der Waals surface area contributed by atoms with Crippen LogP contribution in [0.5, 0.6) is 5.75 Å². The topological polar surface area (TPSA) is 123 Å². The van der Waals surface area contributed by atoms with Crippen LogP contribution in [0.15, 0.2) is 24.4 Å². The lowest BCUT2D eigenvalue weighted by Crippen LogP contribution is -2.48. The maximum absolute atomic E-state index is 14.8. The van der Waals surface area contributed by atoms with E-state index >= 15 is 0 Å². The number of fused-ring (bicyclic) bond motifs is 1. The fourth-order valence-electron chi connectivity index (χ4n) is 5.24. The Morgan fingerprint density at radius 1 is 1.19 bits per heavy atom. The second-order valence-electron chi connectivity index (χ2n) is 9.89. The highest BCUT2D eigenvalue weighted by molar-refractivity contribution is 6.02. The molecule has 3 heterocycles. The smallest absolute Gasteiger partial charge is 0.342 e. The molecular formula is C25H31F2N7O3. The Labute approximate surface area is 213 Å². The van der Waals surface area contributed by atoms with Crippen LogP contribution in [0.25, 0.3) is 0 Å². The van der Waals surface area contributed by atoms with Crippen molar-refractivity contribution in [1.82, 2.24) is 20.6 Å². The third-order valence-electron chi connectivity index (χ3n) is 7.32. The van der Waals surface area contributed by atoms with Gasteiger partial charge in [0.05, 0.1) is 18.4 Å². The first-order valence-electron chi connectivity index (χ1n) is 12.6. The maximum Gasteiger partial charge on any atom is 0.342 e. The monoisotopic (exact) mass is 515 g/mol. The summed E-state index contributed by atoms with van der Waals surface area (Å²) >= 11 is 0. The second-order valence-corrected chi connectivity index (χ2v) is 9.89. The van der Waals surface area contributed by atoms with Crippen molar-refractivity contribution in [2.45, 2.75) is 56.5 Å². The van der Waals surface area contributed by atoms with Gasteiger partial charge in [-0.1, -0.05) is 12.8 Å². The molecule has 3 aliphatic rings. The number of benzene rings is 1. The van der Waals surface area contributed by atoms with E-state index in [0.717, 1.165) is 56.5 Å². The van der Waals surface area contributed by atoms with E-state index in [1.807, 2.05) is 0 Å². The SMILES string of the molecule is CN1C(=O)C(F)(F)CN(C2CCCC2)c2nc(Nc3ccc(C(=O)NC4CCNCC4)cc3O)ncc21. The number of halogens is 2. The van der Waals surface area contributed by atoms with Gasteiger partial charge in [0, 0.05) is 24.7 Å². The molecule has 1 saturated heterocycles. The van der Waals surface area contributed by atoms with Crippen molar-refractivity contribution in [2.24, 2.45) is 0 Å². The van der Waals surface area contributed by atoms with Crippen molar-refractivity contribution < 1.29 is 23.5 Å². The number of phenols is 1. The van der Waals surface area contributed by atoms with Crippen LogP contribution in [-0.4, -0.2) is 71.6 Å². The lowest BCUT2D eigenvalue weighted by atomic mass is 10.1. The molecule has 198 valence electrons. The van der Waals surface area contributed by atoms with Crippen molar-refractivity contribution in [2.75, 3.05) is 41.8 Å². The second kappa shape index (κ2) is 10.1. The average Bonchev–Trinajstić information content (AvgIpc) is 3.41. The molecule has 4 N–H and O–H groups in total. The molecule has 5 rings (SSSR count). The van der Waals surface area contributed by atoms with Gasteiger partial charge in [-0.2, -0.15) is 13.8 Å². The van der Waals surface area contributed by atoms with Gasteiger partial charge in [0.1, 0.15) is 11.4 Å². The summed E-state index contributed by atoms with van der Waals surface area (Å²) in [5.74, 6) is -4.98. The lowest BCUT2D eigenvalue weighted by Gasteiger charge is -2.31. The molecule has 1 aromatic carbocycles. The van der Waals surface area contributed by atoms with E-state index in [4.69, 9.17) is 0 Å². The molecule has 12 heteroatoms. The number of nitrogens with zero attached hydrogens (tertiary/aromatic N) is 4. The van der Waals surface area contributed by atoms with Gasteiger partial charge in [0.15, 0.2) is 5.82 Å². The highest BCUT2D eigenvalue weighted by atomic mass is 19.3. The van der Waals surface area contributed by atoms with Gasteiger partial charge < -0.3 is 30.9 Å². The highest BCUT2D eigenvalue weighted by Crippen LogP contribution is 2.40. The molecule has 37 heavy (non-hydrogen) atoms. The molecule has 2 aliphatic heterocycles. The Hall–Kier alpha value is -3.54. The predicted octanol–water partition coefficient (Wildman–Crippen LogP) is 2.77. The quantitative estimate of drug-likeness (QED) is 0.449. The number of piperidine rings is 1. The Balaban J connectivity index is 1.38. The van der Waals surface area contributed by atoms with Crippen LogP contribution in [0.1, 0.15) is 48.9 Å². The van der Waals surface area contributed by atoms with Crippen LogP contribution >= 0.6 is 0 Å². The zero-order valence-corrected chi connectivity index (χ0v) is 20.6. The number of carbonyl (C=O) groups is 2. The van der Waals surface area contributed by atoms with E-state index in [9.17, 15) is 23.5 Å². The number of hydrogen-bond acceptors (Lipinski definition) is 8. The third kappa shape index (κ3) is 5.15. The molecule has 10 nitrogen and oxygen atoms in total. The van der Waals surface area contributed by atoms with Gasteiger partial charge in [-0.25, -0.2) is 4.98 Å². The Kier molecular flexibility index (Phi) is 6.84. The summed E-state index contributed by atoms with van der Waals surface area (Å²) in [4.78, 5) is 36.2. The van der Waals surface area contributed by atoms with Crippen LogP contribution < -0.4 is 25.8 Å². The first-order valence-corrected chi connectivity index (χ1v) is 12.6. The summed E-state index contributed by atoms with van der Waals surface area (Å²) in [7, 11) is 1.29. The Bertz CT molecular complexity index is 1180. The molecule has 2 aromatic rings. The van der Waals surface area contributed by atoms with Crippen molar-refractivity contribution in [1.29, 1.82) is 0 Å². The standard InChI is InChI=1S/C25H31F2N7O3/c1-33-19-13-29-24(32-21(19)34(17-4-2-3-5-17)14-25(26,27)23(33)37)31-18-7-6-15(12-20(18)35)22(36)30-16-8-10-28-11-9-16/h6-7,12-13,16-17,28,35H,2-5,8-11,14H2,1H3,(H,30,36)(H,29,31,32). The van der Waals surface area contributed by atoms with E-state index in [1.165, 1.54) is 24.2 Å². The number of aromatic nitrogens is 2. The van der Waals surface area contributed by atoms with Crippen molar-refractivity contribution in [3.63, 3.8) is 0 Å². The molecule has 0 spiro atoms. The number of anilines is 4. The average molecular weight is 516 g/mol. The number of nitrogens with one attached hydrogen (secondary N) is 3. The minimum Gasteiger partial charge on any atom is -0.506 e. The van der Waals surface area contributed by atoms with Gasteiger partial charge in [-0.15, -0.1) is 0 Å². The summed E-state index contributed by atoms with van der Waals surface area (Å²) < 4.78 is 29.5. The summed E-state index contributed by atoms with van der Waals surface area (Å²) in [6, 6.07) is 4.42. The summed E-state index contributed by atoms with van der Waals surface area (Å²) in [6.07, 6.45) is 6.35. The number of rotatable bonds is 5. The fraction of sp³-hybridized carbons (Fsp3) is 0.520. The van der Waals surface area contributed by atoms with Crippen LogP contribution in [0.4, 0.5) is 31.9 Å². The molecule has 1 aliphatic carbocycles. The van der Waals surface area contributed by atoms with E-state index in [-0.39, 0.29) is 46.9 Å². The van der Waals surface area contributed by atoms with Crippen LogP contribution in [0.2, 0.25) is 0 Å². The van der Waals surface area contributed by atoms with E-state index in [0.29, 0.717) is 5.56 Å².